The fourth-order valence-electron chi connectivity index (χ4n) is 3.42. The summed E-state index contributed by atoms with van der Waals surface area (Å²) in [5.74, 6) is -0.463. The predicted octanol–water partition coefficient (Wildman–Crippen LogP) is 4.29. The highest BCUT2D eigenvalue weighted by atomic mass is 28.3. The molecule has 1 aromatic rings. The maximum absolute atomic E-state index is 11.2. The first kappa shape index (κ1) is 21.8. The highest BCUT2D eigenvalue weighted by Gasteiger charge is 2.24. The Kier molecular flexibility index (Phi) is 8.22. The zero-order valence-electron chi connectivity index (χ0n) is 17.1. The topological polar surface area (TPSA) is 81.4 Å². The summed E-state index contributed by atoms with van der Waals surface area (Å²) in [5, 5.41) is 13.5. The molecule has 7 heteroatoms. The maximum Gasteiger partial charge on any atom is 0.356 e. The van der Waals surface area contributed by atoms with Crippen LogP contribution in [-0.2, 0) is 29.1 Å². The standard InChI is InChI=1S/C14H24N2O3Si.C6H10O/c1-20(2,3)9-8-19-10-16-12-7-5-4-6-11(12)13(15-16)14(17)18;7-6-4-2-1-3-5-6/h4-10H2,1-3H3,(H,17,18);1-5H2. The van der Waals surface area contributed by atoms with Gasteiger partial charge in [-0.2, -0.15) is 5.10 Å². The van der Waals surface area contributed by atoms with Crippen molar-refractivity contribution in [2.45, 2.75) is 90.2 Å². The Balaban J connectivity index is 0.000000313. The molecular weight excluding hydrogens is 360 g/mol. The monoisotopic (exact) mass is 394 g/mol. The lowest BCUT2D eigenvalue weighted by atomic mass is 9.96. The third-order valence-corrected chi connectivity index (χ3v) is 6.78. The first-order chi connectivity index (χ1) is 12.8. The first-order valence-corrected chi connectivity index (χ1v) is 13.9. The van der Waals surface area contributed by atoms with Gasteiger partial charge in [0.1, 0.15) is 12.5 Å². The number of Topliss-reactive ketones (excluding diaryl/α,β-unsaturated/α-hetero) is 1. The number of hydrogen-bond acceptors (Lipinski definition) is 4. The number of rotatable bonds is 6. The van der Waals surface area contributed by atoms with Crippen LogP contribution in [0, 0.1) is 0 Å². The van der Waals surface area contributed by atoms with Crippen molar-refractivity contribution in [2.75, 3.05) is 6.61 Å². The summed E-state index contributed by atoms with van der Waals surface area (Å²) in [6.45, 7) is 8.05. The second kappa shape index (κ2) is 10.2. The molecule has 0 aromatic carbocycles. The van der Waals surface area contributed by atoms with Crippen LogP contribution in [0.15, 0.2) is 0 Å². The Morgan fingerprint density at radius 1 is 1.07 bits per heavy atom. The highest BCUT2D eigenvalue weighted by molar-refractivity contribution is 6.76. The molecule has 0 bridgehead atoms. The quantitative estimate of drug-likeness (QED) is 0.575. The van der Waals surface area contributed by atoms with Gasteiger partial charge in [-0.05, 0) is 44.6 Å². The minimum Gasteiger partial charge on any atom is -0.476 e. The molecule has 0 saturated heterocycles. The number of ether oxygens (including phenoxy) is 1. The Labute approximate surface area is 163 Å². The number of carboxylic acid groups (broad SMARTS) is 1. The number of carbonyl (C=O) groups excluding carboxylic acids is 1. The van der Waals surface area contributed by atoms with Crippen LogP contribution in [0.1, 0.15) is 66.7 Å². The molecule has 0 unspecified atom stereocenters. The molecule has 27 heavy (non-hydrogen) atoms. The SMILES string of the molecule is C[Si](C)(C)CCOCn1nc(C(=O)O)c2c1CCCC2.O=C1CCCCC1. The van der Waals surface area contributed by atoms with Gasteiger partial charge in [0.15, 0.2) is 5.69 Å². The van der Waals surface area contributed by atoms with Crippen molar-refractivity contribution in [3.8, 4) is 0 Å². The molecule has 2 aliphatic carbocycles. The third kappa shape index (κ3) is 7.22. The van der Waals surface area contributed by atoms with E-state index in [0.717, 1.165) is 75.3 Å². The van der Waals surface area contributed by atoms with E-state index >= 15 is 0 Å². The van der Waals surface area contributed by atoms with E-state index in [9.17, 15) is 14.7 Å². The molecule has 1 fully saturated rings. The van der Waals surface area contributed by atoms with Gasteiger partial charge in [0, 0.05) is 38.8 Å². The predicted molar refractivity (Wildman–Crippen MR) is 108 cm³/mol. The molecular formula is C20H34N2O4Si. The number of fused-ring (bicyclic) bond motifs is 1. The summed E-state index contributed by atoms with van der Waals surface area (Å²) in [5.41, 5.74) is 2.19. The summed E-state index contributed by atoms with van der Waals surface area (Å²) < 4.78 is 7.45. The number of ketones is 1. The van der Waals surface area contributed by atoms with Gasteiger partial charge in [-0.15, -0.1) is 0 Å². The van der Waals surface area contributed by atoms with Gasteiger partial charge in [0.25, 0.3) is 0 Å². The van der Waals surface area contributed by atoms with Crippen molar-refractivity contribution < 1.29 is 19.4 Å². The van der Waals surface area contributed by atoms with Crippen LogP contribution < -0.4 is 0 Å². The Bertz CT molecular complexity index is 641. The molecule has 6 nitrogen and oxygen atoms in total. The smallest absolute Gasteiger partial charge is 0.356 e. The van der Waals surface area contributed by atoms with Crippen molar-refractivity contribution in [3.05, 3.63) is 17.0 Å². The van der Waals surface area contributed by atoms with Crippen molar-refractivity contribution in [3.63, 3.8) is 0 Å². The lowest BCUT2D eigenvalue weighted by Gasteiger charge is -2.17. The van der Waals surface area contributed by atoms with Crippen LogP contribution >= 0.6 is 0 Å². The summed E-state index contributed by atoms with van der Waals surface area (Å²) in [4.78, 5) is 21.7. The molecule has 0 amide bonds. The normalized spacial score (nSPS) is 17.1. The van der Waals surface area contributed by atoms with E-state index in [4.69, 9.17) is 4.74 Å². The zero-order valence-corrected chi connectivity index (χ0v) is 18.1. The second-order valence-electron chi connectivity index (χ2n) is 8.73. The van der Waals surface area contributed by atoms with E-state index in [1.807, 2.05) is 0 Å². The summed E-state index contributed by atoms with van der Waals surface area (Å²) in [7, 11) is -1.09. The number of nitrogens with zero attached hydrogens (tertiary/aromatic N) is 2. The number of aromatic carboxylic acids is 1. The lowest BCUT2D eigenvalue weighted by molar-refractivity contribution is -0.120. The fourth-order valence-corrected chi connectivity index (χ4v) is 4.18. The van der Waals surface area contributed by atoms with Crippen LogP contribution in [0.5, 0.6) is 0 Å². The molecule has 0 aliphatic heterocycles. The molecule has 0 radical (unpaired) electrons. The van der Waals surface area contributed by atoms with Crippen molar-refractivity contribution in [2.24, 2.45) is 0 Å². The Morgan fingerprint density at radius 2 is 1.70 bits per heavy atom. The molecule has 2 aliphatic rings. The molecule has 3 rings (SSSR count). The number of carbonyl (C=O) groups is 2. The van der Waals surface area contributed by atoms with E-state index in [-0.39, 0.29) is 5.69 Å². The molecule has 0 spiro atoms. The summed E-state index contributed by atoms with van der Waals surface area (Å²) in [6, 6.07) is 1.11. The van der Waals surface area contributed by atoms with Crippen LogP contribution in [-0.4, -0.2) is 41.3 Å². The summed E-state index contributed by atoms with van der Waals surface area (Å²) >= 11 is 0. The van der Waals surface area contributed by atoms with Gasteiger partial charge in [0.2, 0.25) is 0 Å². The molecule has 0 atom stereocenters. The lowest BCUT2D eigenvalue weighted by Crippen LogP contribution is -2.22. The van der Waals surface area contributed by atoms with Gasteiger partial charge in [-0.3, -0.25) is 4.79 Å². The number of aromatic nitrogens is 2. The van der Waals surface area contributed by atoms with Crippen molar-refractivity contribution in [1.82, 2.24) is 9.78 Å². The van der Waals surface area contributed by atoms with Crippen LogP contribution in [0.3, 0.4) is 0 Å². The van der Waals surface area contributed by atoms with E-state index in [0.29, 0.717) is 12.5 Å². The first-order valence-electron chi connectivity index (χ1n) is 10.2. The van der Waals surface area contributed by atoms with Gasteiger partial charge in [-0.1, -0.05) is 26.1 Å². The summed E-state index contributed by atoms with van der Waals surface area (Å²) in [6.07, 6.45) is 9.13. The van der Waals surface area contributed by atoms with Crippen LogP contribution in [0.4, 0.5) is 0 Å². The van der Waals surface area contributed by atoms with E-state index in [1.54, 1.807) is 4.68 Å². The van der Waals surface area contributed by atoms with E-state index < -0.39 is 14.0 Å². The molecule has 152 valence electrons. The van der Waals surface area contributed by atoms with E-state index in [1.165, 1.54) is 6.42 Å². The molecule has 1 N–H and O–H groups in total. The number of carboxylic acids is 1. The average molecular weight is 395 g/mol. The largest absolute Gasteiger partial charge is 0.476 e. The molecule has 1 saturated carbocycles. The Morgan fingerprint density at radius 3 is 2.26 bits per heavy atom. The Hall–Kier alpha value is -1.47. The molecule has 1 aromatic heterocycles. The third-order valence-electron chi connectivity index (χ3n) is 5.08. The van der Waals surface area contributed by atoms with Crippen LogP contribution in [0.25, 0.3) is 0 Å². The minimum atomic E-state index is -1.09. The van der Waals surface area contributed by atoms with Gasteiger partial charge < -0.3 is 9.84 Å². The van der Waals surface area contributed by atoms with Gasteiger partial charge >= 0.3 is 5.97 Å². The van der Waals surface area contributed by atoms with Crippen molar-refractivity contribution >= 4 is 19.8 Å². The highest BCUT2D eigenvalue weighted by Crippen LogP contribution is 2.24. The fraction of sp³-hybridized carbons (Fsp3) is 0.750. The van der Waals surface area contributed by atoms with Gasteiger partial charge in [0.05, 0.1) is 0 Å². The van der Waals surface area contributed by atoms with Gasteiger partial charge in [-0.25, -0.2) is 9.48 Å². The van der Waals surface area contributed by atoms with E-state index in [2.05, 4.69) is 24.7 Å². The van der Waals surface area contributed by atoms with Crippen LogP contribution in [0.2, 0.25) is 25.7 Å². The molecule has 1 heterocycles. The second-order valence-corrected chi connectivity index (χ2v) is 14.4. The van der Waals surface area contributed by atoms with Crippen molar-refractivity contribution in [1.29, 1.82) is 0 Å². The maximum atomic E-state index is 11.2. The number of hydrogen-bond donors (Lipinski definition) is 1. The average Bonchev–Trinajstić information content (AvgIpc) is 2.98. The minimum absolute atomic E-state index is 0.216. The zero-order chi connectivity index (χ0) is 19.9.